The second kappa shape index (κ2) is 3.96. The maximum atomic E-state index is 12.1. The fourth-order valence-corrected chi connectivity index (χ4v) is 2.20. The Bertz CT molecular complexity index is 449. The maximum absolute atomic E-state index is 12.1. The predicted molar refractivity (Wildman–Crippen MR) is 47.2 cm³/mol. The first-order chi connectivity index (χ1) is 6.32. The average molecular weight is 262 g/mol. The summed E-state index contributed by atoms with van der Waals surface area (Å²) in [6, 6.07) is 0.648. The van der Waals surface area contributed by atoms with E-state index in [1.165, 1.54) is 0 Å². The van der Waals surface area contributed by atoms with Gasteiger partial charge in [0.15, 0.2) is 0 Å². The summed E-state index contributed by atoms with van der Waals surface area (Å²) in [5, 5.41) is -0.288. The van der Waals surface area contributed by atoms with Crippen LogP contribution in [0.1, 0.15) is 12.1 Å². The molecule has 0 N–H and O–H groups in total. The third-order valence-electron chi connectivity index (χ3n) is 1.33. The Morgan fingerprint density at radius 3 is 2.43 bits per heavy atom. The summed E-state index contributed by atoms with van der Waals surface area (Å²) in [4.78, 5) is 2.68. The van der Waals surface area contributed by atoms with Crippen LogP contribution in [0.3, 0.4) is 0 Å². The van der Waals surface area contributed by atoms with Gasteiger partial charge < -0.3 is 0 Å². The van der Waals surface area contributed by atoms with Gasteiger partial charge in [-0.05, 0) is 6.07 Å². The van der Waals surface area contributed by atoms with Gasteiger partial charge >= 0.3 is 0 Å². The standard InChI is InChI=1S/C6H3Cl2F2NO2S/c7-3-2-11-4(6(9)10)1-5(3)14(8,12)13/h1-2,6H. The third kappa shape index (κ3) is 2.52. The maximum Gasteiger partial charge on any atom is 0.280 e. The average Bonchev–Trinajstić information content (AvgIpc) is 2.02. The molecule has 14 heavy (non-hydrogen) atoms. The third-order valence-corrected chi connectivity index (χ3v) is 3.10. The number of halogens is 4. The highest BCUT2D eigenvalue weighted by Crippen LogP contribution is 2.27. The number of nitrogens with zero attached hydrogens (tertiary/aromatic N) is 1. The normalized spacial score (nSPS) is 12.1. The molecule has 0 atom stereocenters. The number of alkyl halides is 2. The molecule has 1 aromatic rings. The Labute approximate surface area is 88.1 Å². The van der Waals surface area contributed by atoms with Crippen LogP contribution in [-0.4, -0.2) is 13.4 Å². The molecule has 0 saturated heterocycles. The van der Waals surface area contributed by atoms with Crippen LogP contribution in [-0.2, 0) is 9.05 Å². The molecule has 3 nitrogen and oxygen atoms in total. The summed E-state index contributed by atoms with van der Waals surface area (Å²) in [7, 11) is 0.833. The van der Waals surface area contributed by atoms with Crippen LogP contribution in [0.2, 0.25) is 5.02 Å². The lowest BCUT2D eigenvalue weighted by Gasteiger charge is -2.02. The minimum absolute atomic E-state index is 0.288. The van der Waals surface area contributed by atoms with E-state index in [9.17, 15) is 17.2 Å². The van der Waals surface area contributed by atoms with Gasteiger partial charge in [0.1, 0.15) is 10.6 Å². The topological polar surface area (TPSA) is 47.0 Å². The van der Waals surface area contributed by atoms with Gasteiger partial charge in [0.05, 0.1) is 5.02 Å². The summed E-state index contributed by atoms with van der Waals surface area (Å²) in [6.07, 6.45) is -2.05. The van der Waals surface area contributed by atoms with Crippen LogP contribution >= 0.6 is 22.3 Å². The molecule has 0 saturated carbocycles. The fraction of sp³-hybridized carbons (Fsp3) is 0.167. The zero-order chi connectivity index (χ0) is 10.9. The molecule has 0 amide bonds. The molecule has 0 aliphatic rings. The highest BCUT2D eigenvalue weighted by Gasteiger charge is 2.19. The van der Waals surface area contributed by atoms with Gasteiger partial charge in [-0.25, -0.2) is 17.2 Å². The number of hydrogen-bond donors (Lipinski definition) is 0. The van der Waals surface area contributed by atoms with Crippen molar-refractivity contribution < 1.29 is 17.2 Å². The van der Waals surface area contributed by atoms with Crippen LogP contribution in [0.15, 0.2) is 17.2 Å². The van der Waals surface area contributed by atoms with Crippen molar-refractivity contribution in [3.05, 3.63) is 23.0 Å². The van der Waals surface area contributed by atoms with E-state index in [0.29, 0.717) is 6.07 Å². The minimum Gasteiger partial charge on any atom is -0.254 e. The van der Waals surface area contributed by atoms with Crippen molar-refractivity contribution in [2.45, 2.75) is 11.3 Å². The van der Waals surface area contributed by atoms with E-state index >= 15 is 0 Å². The largest absolute Gasteiger partial charge is 0.280 e. The minimum atomic E-state index is -4.12. The van der Waals surface area contributed by atoms with E-state index in [4.69, 9.17) is 22.3 Å². The van der Waals surface area contributed by atoms with Crippen molar-refractivity contribution in [2.75, 3.05) is 0 Å². The van der Waals surface area contributed by atoms with Gasteiger partial charge in [-0.15, -0.1) is 0 Å². The molecule has 0 spiro atoms. The lowest BCUT2D eigenvalue weighted by molar-refractivity contribution is 0.146. The highest BCUT2D eigenvalue weighted by atomic mass is 35.7. The molecule has 0 bridgehead atoms. The molecule has 0 aliphatic heterocycles. The van der Waals surface area contributed by atoms with Gasteiger partial charge in [-0.3, -0.25) is 4.98 Å². The molecule has 0 aromatic carbocycles. The van der Waals surface area contributed by atoms with Crippen molar-refractivity contribution in [3.8, 4) is 0 Å². The number of aromatic nitrogens is 1. The summed E-state index contributed by atoms with van der Waals surface area (Å²) in [6.45, 7) is 0. The van der Waals surface area contributed by atoms with Crippen LogP contribution < -0.4 is 0 Å². The van der Waals surface area contributed by atoms with Crippen molar-refractivity contribution in [1.29, 1.82) is 0 Å². The van der Waals surface area contributed by atoms with Crippen LogP contribution in [0.5, 0.6) is 0 Å². The van der Waals surface area contributed by atoms with E-state index in [1.807, 2.05) is 0 Å². The second-order valence-corrected chi connectivity index (χ2v) is 5.22. The van der Waals surface area contributed by atoms with Crippen molar-refractivity contribution in [1.82, 2.24) is 4.98 Å². The molecule has 0 aliphatic carbocycles. The molecule has 1 rings (SSSR count). The van der Waals surface area contributed by atoms with Gasteiger partial charge in [-0.1, -0.05) is 11.6 Å². The molecule has 78 valence electrons. The Morgan fingerprint density at radius 2 is 2.00 bits per heavy atom. The van der Waals surface area contributed by atoms with Crippen LogP contribution in [0, 0.1) is 0 Å². The first-order valence-electron chi connectivity index (χ1n) is 3.20. The molecule has 1 heterocycles. The smallest absolute Gasteiger partial charge is 0.254 e. The molecule has 0 fully saturated rings. The Balaban J connectivity index is 3.37. The number of pyridine rings is 1. The monoisotopic (exact) mass is 261 g/mol. The Morgan fingerprint density at radius 1 is 1.43 bits per heavy atom. The summed E-state index contributed by atoms with van der Waals surface area (Å²) in [5.41, 5.74) is -0.686. The van der Waals surface area contributed by atoms with Crippen molar-refractivity contribution in [3.63, 3.8) is 0 Å². The van der Waals surface area contributed by atoms with Gasteiger partial charge in [-0.2, -0.15) is 0 Å². The molecule has 0 unspecified atom stereocenters. The first-order valence-corrected chi connectivity index (χ1v) is 5.89. The summed E-state index contributed by atoms with van der Waals surface area (Å²) >= 11 is 5.41. The highest BCUT2D eigenvalue weighted by molar-refractivity contribution is 8.13. The SMILES string of the molecule is O=S(=O)(Cl)c1cc(C(F)F)ncc1Cl. The lowest BCUT2D eigenvalue weighted by Crippen LogP contribution is -1.97. The quantitative estimate of drug-likeness (QED) is 0.769. The van der Waals surface area contributed by atoms with Crippen LogP contribution in [0.4, 0.5) is 8.78 Å². The number of rotatable bonds is 2. The van der Waals surface area contributed by atoms with Gasteiger partial charge in [0.2, 0.25) is 0 Å². The first kappa shape index (κ1) is 11.6. The Kier molecular flexibility index (Phi) is 3.28. The fourth-order valence-electron chi connectivity index (χ4n) is 0.742. The van der Waals surface area contributed by atoms with Crippen molar-refractivity contribution in [2.24, 2.45) is 0 Å². The molecule has 8 heteroatoms. The van der Waals surface area contributed by atoms with E-state index < -0.39 is 26.1 Å². The van der Waals surface area contributed by atoms with Crippen molar-refractivity contribution >= 4 is 31.3 Å². The number of hydrogen-bond acceptors (Lipinski definition) is 3. The van der Waals surface area contributed by atoms with Gasteiger partial charge in [0.25, 0.3) is 15.5 Å². The van der Waals surface area contributed by atoms with E-state index in [-0.39, 0.29) is 5.02 Å². The lowest BCUT2D eigenvalue weighted by atomic mass is 10.4. The molecule has 1 aromatic heterocycles. The molecular formula is C6H3Cl2F2NO2S. The zero-order valence-electron chi connectivity index (χ0n) is 6.42. The summed E-state index contributed by atoms with van der Waals surface area (Å²) < 4.78 is 45.9. The van der Waals surface area contributed by atoms with Crippen LogP contribution in [0.25, 0.3) is 0 Å². The molecule has 0 radical (unpaired) electrons. The second-order valence-electron chi connectivity index (χ2n) is 2.28. The van der Waals surface area contributed by atoms with Gasteiger partial charge in [0, 0.05) is 16.9 Å². The predicted octanol–water partition coefficient (Wildman–Crippen LogP) is 2.60. The molecular weight excluding hydrogens is 259 g/mol. The zero-order valence-corrected chi connectivity index (χ0v) is 8.74. The van der Waals surface area contributed by atoms with E-state index in [2.05, 4.69) is 4.98 Å². The van der Waals surface area contributed by atoms with E-state index in [1.54, 1.807) is 0 Å². The summed E-state index contributed by atoms with van der Waals surface area (Å²) in [5.74, 6) is 0. The Hall–Kier alpha value is -0.460. The van der Waals surface area contributed by atoms with E-state index in [0.717, 1.165) is 6.20 Å².